The molecule has 1 aliphatic heterocycles. The molecule has 2 heterocycles. The topological polar surface area (TPSA) is 77.9 Å². The van der Waals surface area contributed by atoms with E-state index in [2.05, 4.69) is 42.5 Å². The van der Waals surface area contributed by atoms with E-state index < -0.39 is 0 Å². The number of hydrogen-bond donors (Lipinski definition) is 2. The van der Waals surface area contributed by atoms with Crippen LogP contribution in [0.4, 0.5) is 11.6 Å². The van der Waals surface area contributed by atoms with Gasteiger partial charge in [0.15, 0.2) is 5.11 Å². The second-order valence-corrected chi connectivity index (χ2v) is 8.32. The van der Waals surface area contributed by atoms with E-state index in [1.54, 1.807) is 7.11 Å². The molecule has 0 amide bonds. The van der Waals surface area contributed by atoms with E-state index in [-0.39, 0.29) is 0 Å². The summed E-state index contributed by atoms with van der Waals surface area (Å²) in [6.45, 7) is 7.31. The molecule has 31 heavy (non-hydrogen) atoms. The molecule has 9 heteroatoms. The van der Waals surface area contributed by atoms with Gasteiger partial charge in [0, 0.05) is 49.3 Å². The number of methoxy groups -OCH3 is 1. The number of hydrogen-bond acceptors (Lipinski definition) is 5. The third kappa shape index (κ3) is 5.81. The number of aliphatic imine (C=N–C) groups is 1. The van der Waals surface area contributed by atoms with E-state index in [0.29, 0.717) is 23.1 Å². The molecule has 0 bridgehead atoms. The molecular formula is C22H29N7OS. The summed E-state index contributed by atoms with van der Waals surface area (Å²) < 4.78 is 5.27. The highest BCUT2D eigenvalue weighted by molar-refractivity contribution is 7.80. The summed E-state index contributed by atoms with van der Waals surface area (Å²) in [6, 6.07) is 10.6. The molecule has 1 saturated carbocycles. The van der Waals surface area contributed by atoms with Crippen LogP contribution in [0.2, 0.25) is 0 Å². The van der Waals surface area contributed by atoms with Gasteiger partial charge in [0.2, 0.25) is 11.9 Å². The maximum absolute atomic E-state index is 5.48. The van der Waals surface area contributed by atoms with E-state index in [9.17, 15) is 0 Å². The van der Waals surface area contributed by atoms with Crippen LogP contribution >= 0.6 is 12.2 Å². The maximum atomic E-state index is 5.48. The number of aryl methyl sites for hydroxylation is 2. The summed E-state index contributed by atoms with van der Waals surface area (Å²) in [5, 5.41) is 7.11. The average molecular weight is 440 g/mol. The lowest BCUT2D eigenvalue weighted by molar-refractivity contribution is 0.385. The fraction of sp³-hybridized carbons (Fsp3) is 0.455. The summed E-state index contributed by atoms with van der Waals surface area (Å²) in [6.07, 6.45) is 2.30. The Bertz CT molecular complexity index is 931. The number of benzene rings is 1. The first-order valence-corrected chi connectivity index (χ1v) is 11.0. The zero-order chi connectivity index (χ0) is 21.8. The zero-order valence-corrected chi connectivity index (χ0v) is 19.1. The lowest BCUT2D eigenvalue weighted by Crippen LogP contribution is -2.51. The van der Waals surface area contributed by atoms with Gasteiger partial charge >= 0.3 is 0 Å². The van der Waals surface area contributed by atoms with Gasteiger partial charge in [0.25, 0.3) is 0 Å². The molecule has 164 valence electrons. The highest BCUT2D eigenvalue weighted by Crippen LogP contribution is 2.21. The van der Waals surface area contributed by atoms with Crippen molar-refractivity contribution in [2.45, 2.75) is 32.7 Å². The van der Waals surface area contributed by atoms with Crippen LogP contribution in [0.3, 0.4) is 0 Å². The average Bonchev–Trinajstić information content (AvgIpc) is 3.57. The first-order chi connectivity index (χ1) is 15.0. The number of nitrogens with one attached hydrogen (secondary N) is 2. The van der Waals surface area contributed by atoms with Crippen LogP contribution in [0.5, 0.6) is 5.75 Å². The highest BCUT2D eigenvalue weighted by Gasteiger charge is 2.24. The minimum Gasteiger partial charge on any atom is -0.497 e. The highest BCUT2D eigenvalue weighted by atomic mass is 32.1. The summed E-state index contributed by atoms with van der Waals surface area (Å²) in [7, 11) is 1.68. The minimum absolute atomic E-state index is 0.460. The van der Waals surface area contributed by atoms with Gasteiger partial charge in [-0.2, -0.15) is 4.99 Å². The van der Waals surface area contributed by atoms with Crippen LogP contribution in [0.25, 0.3) is 0 Å². The molecule has 1 aromatic heterocycles. The molecule has 2 N–H and O–H groups in total. The smallest absolute Gasteiger partial charge is 0.229 e. The first-order valence-electron chi connectivity index (χ1n) is 10.6. The van der Waals surface area contributed by atoms with Crippen LogP contribution in [0.15, 0.2) is 35.3 Å². The Kier molecular flexibility index (Phi) is 6.50. The second-order valence-electron chi connectivity index (χ2n) is 7.93. The first kappa shape index (κ1) is 21.3. The summed E-state index contributed by atoms with van der Waals surface area (Å²) >= 11 is 5.48. The molecule has 0 unspecified atom stereocenters. The molecular weight excluding hydrogens is 410 g/mol. The Morgan fingerprint density at radius 3 is 2.29 bits per heavy atom. The number of rotatable bonds is 4. The molecule has 2 aromatic rings. The van der Waals surface area contributed by atoms with Crippen LogP contribution < -0.4 is 20.3 Å². The van der Waals surface area contributed by atoms with Gasteiger partial charge in [-0.05, 0) is 69.2 Å². The van der Waals surface area contributed by atoms with Gasteiger partial charge in [0.05, 0.1) is 7.11 Å². The van der Waals surface area contributed by atoms with E-state index in [4.69, 9.17) is 21.9 Å². The lowest BCUT2D eigenvalue weighted by atomic mass is 10.2. The van der Waals surface area contributed by atoms with Gasteiger partial charge in [0.1, 0.15) is 5.75 Å². The number of aromatic nitrogens is 2. The van der Waals surface area contributed by atoms with E-state index in [1.165, 1.54) is 5.69 Å². The Morgan fingerprint density at radius 2 is 1.71 bits per heavy atom. The number of thiocarbonyl (C=S) groups is 1. The quantitative estimate of drug-likeness (QED) is 0.428. The summed E-state index contributed by atoms with van der Waals surface area (Å²) in [4.78, 5) is 18.3. The van der Waals surface area contributed by atoms with Crippen LogP contribution in [0.1, 0.15) is 24.2 Å². The number of nitrogens with zero attached hydrogens (tertiary/aromatic N) is 5. The normalized spacial score (nSPS) is 16.8. The second kappa shape index (κ2) is 9.47. The van der Waals surface area contributed by atoms with Crippen molar-refractivity contribution in [2.24, 2.45) is 4.99 Å². The maximum Gasteiger partial charge on any atom is 0.229 e. The van der Waals surface area contributed by atoms with Crippen molar-refractivity contribution in [3.05, 3.63) is 41.7 Å². The number of anilines is 2. The number of guanidine groups is 1. The predicted octanol–water partition coefficient (Wildman–Crippen LogP) is 2.73. The van der Waals surface area contributed by atoms with E-state index >= 15 is 0 Å². The minimum atomic E-state index is 0.460. The summed E-state index contributed by atoms with van der Waals surface area (Å²) in [5.41, 5.74) is 3.02. The van der Waals surface area contributed by atoms with Gasteiger partial charge in [-0.1, -0.05) is 0 Å². The molecule has 0 spiro atoms. The molecule has 1 saturated heterocycles. The largest absolute Gasteiger partial charge is 0.497 e. The third-order valence-electron chi connectivity index (χ3n) is 5.34. The lowest BCUT2D eigenvalue weighted by Gasteiger charge is -2.37. The molecule has 1 aromatic carbocycles. The Morgan fingerprint density at radius 1 is 1.06 bits per heavy atom. The molecule has 4 rings (SSSR count). The number of ether oxygens (including phenoxy) is 1. The van der Waals surface area contributed by atoms with Crippen LogP contribution in [-0.2, 0) is 0 Å². The van der Waals surface area contributed by atoms with E-state index in [1.807, 2.05) is 32.0 Å². The SMILES string of the molecule is COc1ccc(N2CCN(/C(=N\C(=S)NC3CC3)Nc3nc(C)cc(C)n3)CC2)cc1. The van der Waals surface area contributed by atoms with Crippen molar-refractivity contribution in [1.82, 2.24) is 20.2 Å². The van der Waals surface area contributed by atoms with Gasteiger partial charge in [-0.3, -0.25) is 5.32 Å². The van der Waals surface area contributed by atoms with Crippen molar-refractivity contribution < 1.29 is 4.74 Å². The Labute approximate surface area is 188 Å². The van der Waals surface area contributed by atoms with Crippen LogP contribution in [-0.4, -0.2) is 65.3 Å². The van der Waals surface area contributed by atoms with Crippen molar-refractivity contribution in [1.29, 1.82) is 0 Å². The molecule has 2 aliphatic rings. The van der Waals surface area contributed by atoms with Gasteiger partial charge < -0.3 is 19.9 Å². The predicted molar refractivity (Wildman–Crippen MR) is 128 cm³/mol. The van der Waals surface area contributed by atoms with Gasteiger partial charge in [-0.15, -0.1) is 0 Å². The Hall–Kier alpha value is -2.94. The third-order valence-corrected chi connectivity index (χ3v) is 5.54. The molecule has 1 aliphatic carbocycles. The summed E-state index contributed by atoms with van der Waals surface area (Å²) in [5.74, 6) is 2.10. The van der Waals surface area contributed by atoms with Crippen molar-refractivity contribution in [3.63, 3.8) is 0 Å². The van der Waals surface area contributed by atoms with Crippen molar-refractivity contribution in [3.8, 4) is 5.75 Å². The molecule has 0 atom stereocenters. The van der Waals surface area contributed by atoms with E-state index in [0.717, 1.165) is 56.2 Å². The zero-order valence-electron chi connectivity index (χ0n) is 18.3. The number of piperazine rings is 1. The van der Waals surface area contributed by atoms with Gasteiger partial charge in [-0.25, -0.2) is 9.97 Å². The van der Waals surface area contributed by atoms with Crippen molar-refractivity contribution >= 4 is 34.9 Å². The van der Waals surface area contributed by atoms with Crippen molar-refractivity contribution in [2.75, 3.05) is 43.5 Å². The fourth-order valence-electron chi connectivity index (χ4n) is 3.56. The molecule has 2 fully saturated rings. The Balaban J connectivity index is 1.47. The fourth-order valence-corrected chi connectivity index (χ4v) is 3.81. The standard InChI is InChI=1S/C22H29N7OS/c1-15-14-16(2)24-20(23-15)26-21(27-22(31)25-17-4-5-17)29-12-10-28(11-13-29)18-6-8-19(30-3)9-7-18/h6-9,14,17H,4-5,10-13H2,1-3H3,(H2,23,24,25,26,27,31). The molecule has 8 nitrogen and oxygen atoms in total. The van der Waals surface area contributed by atoms with Crippen LogP contribution in [0, 0.1) is 13.8 Å². The molecule has 0 radical (unpaired) electrons. The monoisotopic (exact) mass is 439 g/mol.